The van der Waals surface area contributed by atoms with Crippen molar-refractivity contribution in [1.82, 2.24) is 4.57 Å². The van der Waals surface area contributed by atoms with E-state index < -0.39 is 0 Å². The van der Waals surface area contributed by atoms with Crippen molar-refractivity contribution in [2.75, 3.05) is 0 Å². The molecular weight excluding hydrogens is 384 g/mol. The van der Waals surface area contributed by atoms with Crippen molar-refractivity contribution >= 4 is 28.6 Å². The Labute approximate surface area is 158 Å². The molecule has 0 atom stereocenters. The van der Waals surface area contributed by atoms with Gasteiger partial charge in [-0.1, -0.05) is 29.8 Å². The largest absolute Gasteiger partial charge is 0.262 e. The Kier molecular flexibility index (Phi) is 5.42. The highest BCUT2D eigenvalue weighted by molar-refractivity contribution is 8.93. The molecule has 4 rings (SSSR count). The van der Waals surface area contributed by atoms with E-state index in [1.165, 1.54) is 42.0 Å². The van der Waals surface area contributed by atoms with Gasteiger partial charge in [-0.15, -0.1) is 17.0 Å². The van der Waals surface area contributed by atoms with Crippen LogP contribution in [0.25, 0.3) is 16.9 Å². The van der Waals surface area contributed by atoms with Gasteiger partial charge in [0.2, 0.25) is 0 Å². The molecule has 2 heterocycles. The zero-order chi connectivity index (χ0) is 15.6. The average molecular weight is 405 g/mol. The zero-order valence-electron chi connectivity index (χ0n) is 13.5. The van der Waals surface area contributed by atoms with Crippen LogP contribution in [0.4, 0.5) is 0 Å². The van der Waals surface area contributed by atoms with Crippen molar-refractivity contribution in [2.24, 2.45) is 0 Å². The molecule has 0 saturated heterocycles. The number of para-hydroxylation sites is 1. The third-order valence-corrected chi connectivity index (χ3v) is 4.81. The predicted molar refractivity (Wildman–Crippen MR) is 104 cm³/mol. The van der Waals surface area contributed by atoms with Gasteiger partial charge in [-0.2, -0.15) is 4.57 Å². The molecule has 4 heteroatoms. The van der Waals surface area contributed by atoms with Crippen LogP contribution in [0.1, 0.15) is 25.1 Å². The summed E-state index contributed by atoms with van der Waals surface area (Å²) in [4.78, 5) is 0. The van der Waals surface area contributed by atoms with Crippen LogP contribution in [0.2, 0.25) is 5.02 Å². The molecule has 2 aromatic carbocycles. The SMILES string of the molecule is Br.Clc1ccc(-c2c[n+]3c(n2-c2ccccc2)CCCCC3)cc1. The lowest BCUT2D eigenvalue weighted by Crippen LogP contribution is -2.35. The van der Waals surface area contributed by atoms with Crippen LogP contribution in [0.3, 0.4) is 0 Å². The van der Waals surface area contributed by atoms with Crippen LogP contribution >= 0.6 is 28.6 Å². The van der Waals surface area contributed by atoms with Crippen LogP contribution in [0, 0.1) is 0 Å². The van der Waals surface area contributed by atoms with Gasteiger partial charge in [0.25, 0.3) is 5.82 Å². The fourth-order valence-corrected chi connectivity index (χ4v) is 3.55. The van der Waals surface area contributed by atoms with Crippen LogP contribution in [-0.2, 0) is 13.0 Å². The molecule has 24 heavy (non-hydrogen) atoms. The highest BCUT2D eigenvalue weighted by Crippen LogP contribution is 2.27. The molecule has 0 radical (unpaired) electrons. The van der Waals surface area contributed by atoms with E-state index in [1.807, 2.05) is 12.1 Å². The number of halogens is 2. The van der Waals surface area contributed by atoms with E-state index in [0.29, 0.717) is 0 Å². The molecule has 0 N–H and O–H groups in total. The highest BCUT2D eigenvalue weighted by atomic mass is 79.9. The van der Waals surface area contributed by atoms with E-state index in [0.717, 1.165) is 18.0 Å². The average Bonchev–Trinajstić information content (AvgIpc) is 2.79. The minimum atomic E-state index is 0. The van der Waals surface area contributed by atoms with Gasteiger partial charge in [-0.25, -0.2) is 4.57 Å². The molecule has 1 aromatic heterocycles. The van der Waals surface area contributed by atoms with E-state index in [1.54, 1.807) is 0 Å². The molecule has 1 aliphatic rings. The third-order valence-electron chi connectivity index (χ3n) is 4.56. The Morgan fingerprint density at radius 1 is 0.875 bits per heavy atom. The number of fused-ring (bicyclic) bond motifs is 1. The van der Waals surface area contributed by atoms with Gasteiger partial charge < -0.3 is 0 Å². The number of hydrogen-bond donors (Lipinski definition) is 0. The van der Waals surface area contributed by atoms with Gasteiger partial charge in [-0.05, 0) is 55.7 Å². The number of rotatable bonds is 2. The van der Waals surface area contributed by atoms with Gasteiger partial charge in [-0.3, -0.25) is 0 Å². The predicted octanol–water partition coefficient (Wildman–Crippen LogP) is 5.39. The van der Waals surface area contributed by atoms with E-state index in [4.69, 9.17) is 11.6 Å². The van der Waals surface area contributed by atoms with Crippen molar-refractivity contribution in [1.29, 1.82) is 0 Å². The second kappa shape index (κ2) is 7.54. The quantitative estimate of drug-likeness (QED) is 0.506. The molecule has 3 aromatic rings. The second-order valence-corrected chi connectivity index (χ2v) is 6.55. The molecule has 2 nitrogen and oxygen atoms in total. The van der Waals surface area contributed by atoms with Crippen LogP contribution in [0.15, 0.2) is 60.8 Å². The van der Waals surface area contributed by atoms with Crippen molar-refractivity contribution in [2.45, 2.75) is 32.2 Å². The number of aromatic nitrogens is 2. The molecular formula is C20H21BrClN2+. The molecule has 0 spiro atoms. The number of nitrogens with zero attached hydrogens (tertiary/aromatic N) is 2. The number of imidazole rings is 1. The highest BCUT2D eigenvalue weighted by Gasteiger charge is 2.26. The fraction of sp³-hybridized carbons (Fsp3) is 0.250. The molecule has 0 unspecified atom stereocenters. The number of hydrogen-bond acceptors (Lipinski definition) is 0. The summed E-state index contributed by atoms with van der Waals surface area (Å²) in [5.74, 6) is 1.40. The standard InChI is InChI=1S/C20H20ClN2.BrH/c21-17-12-10-16(11-13-17)19-15-22-14-6-2-5-9-20(22)23(19)18-7-3-1-4-8-18;/h1,3-4,7-8,10-13,15H,2,5-6,9,14H2;1H/q+1;. The molecule has 1 aliphatic heterocycles. The molecule has 124 valence electrons. The van der Waals surface area contributed by atoms with Gasteiger partial charge in [0.15, 0.2) is 5.69 Å². The van der Waals surface area contributed by atoms with E-state index in [2.05, 4.69) is 57.8 Å². The molecule has 0 aliphatic carbocycles. The Bertz CT molecular complexity index is 810. The summed E-state index contributed by atoms with van der Waals surface area (Å²) in [6.07, 6.45) is 7.26. The summed E-state index contributed by atoms with van der Waals surface area (Å²) >= 11 is 6.07. The smallest absolute Gasteiger partial charge is 0.233 e. The monoisotopic (exact) mass is 403 g/mol. The van der Waals surface area contributed by atoms with Crippen LogP contribution in [-0.4, -0.2) is 4.57 Å². The first kappa shape index (κ1) is 17.2. The Morgan fingerprint density at radius 2 is 1.62 bits per heavy atom. The summed E-state index contributed by atoms with van der Waals surface area (Å²) in [6.45, 7) is 1.11. The molecule has 0 amide bonds. The fourth-order valence-electron chi connectivity index (χ4n) is 3.43. The van der Waals surface area contributed by atoms with Crippen molar-refractivity contribution in [3.8, 4) is 16.9 Å². The van der Waals surface area contributed by atoms with E-state index in [-0.39, 0.29) is 17.0 Å². The Morgan fingerprint density at radius 3 is 2.38 bits per heavy atom. The van der Waals surface area contributed by atoms with Crippen molar-refractivity contribution < 1.29 is 4.57 Å². The van der Waals surface area contributed by atoms with Gasteiger partial charge >= 0.3 is 0 Å². The molecule has 0 fully saturated rings. The third kappa shape index (κ3) is 3.28. The summed E-state index contributed by atoms with van der Waals surface area (Å²) < 4.78 is 4.85. The Hall–Kier alpha value is -1.58. The zero-order valence-corrected chi connectivity index (χ0v) is 16.0. The maximum atomic E-state index is 6.07. The minimum Gasteiger partial charge on any atom is -0.233 e. The van der Waals surface area contributed by atoms with E-state index in [9.17, 15) is 0 Å². The van der Waals surface area contributed by atoms with Crippen LogP contribution in [0.5, 0.6) is 0 Å². The first-order valence-corrected chi connectivity index (χ1v) is 8.66. The number of aryl methyl sites for hydroxylation is 1. The maximum absolute atomic E-state index is 6.07. The van der Waals surface area contributed by atoms with Gasteiger partial charge in [0.05, 0.1) is 6.54 Å². The van der Waals surface area contributed by atoms with Crippen molar-refractivity contribution in [3.05, 3.63) is 71.6 Å². The maximum Gasteiger partial charge on any atom is 0.262 e. The Balaban J connectivity index is 0.00000169. The lowest BCUT2D eigenvalue weighted by Gasteiger charge is -2.05. The van der Waals surface area contributed by atoms with Gasteiger partial charge in [0.1, 0.15) is 11.9 Å². The molecule has 0 bridgehead atoms. The normalized spacial score (nSPS) is 13.7. The van der Waals surface area contributed by atoms with Gasteiger partial charge in [0, 0.05) is 17.0 Å². The van der Waals surface area contributed by atoms with Crippen LogP contribution < -0.4 is 4.57 Å². The summed E-state index contributed by atoms with van der Waals surface area (Å²) in [5, 5.41) is 0.779. The summed E-state index contributed by atoms with van der Waals surface area (Å²) in [6, 6.07) is 18.8. The van der Waals surface area contributed by atoms with Crippen molar-refractivity contribution in [3.63, 3.8) is 0 Å². The minimum absolute atomic E-state index is 0. The first-order chi connectivity index (χ1) is 11.3. The lowest BCUT2D eigenvalue weighted by molar-refractivity contribution is -0.702. The lowest BCUT2D eigenvalue weighted by atomic mass is 10.1. The topological polar surface area (TPSA) is 8.81 Å². The first-order valence-electron chi connectivity index (χ1n) is 8.28. The summed E-state index contributed by atoms with van der Waals surface area (Å²) in [7, 11) is 0. The van der Waals surface area contributed by atoms with E-state index >= 15 is 0 Å². The molecule has 0 saturated carbocycles. The number of benzene rings is 2. The summed E-state index contributed by atoms with van der Waals surface area (Å²) in [5.41, 5.74) is 3.68. The second-order valence-electron chi connectivity index (χ2n) is 6.11.